The summed E-state index contributed by atoms with van der Waals surface area (Å²) >= 11 is 1.79. The minimum Gasteiger partial charge on any atom is -0.399 e. The van der Waals surface area contributed by atoms with Gasteiger partial charge in [0, 0.05) is 44.1 Å². The topological polar surface area (TPSA) is 32.5 Å². The number of hydrogen-bond donors (Lipinski definition) is 1. The van der Waals surface area contributed by atoms with Gasteiger partial charge in [0.05, 0.1) is 0 Å². The van der Waals surface area contributed by atoms with Gasteiger partial charge in [-0.05, 0) is 53.1 Å². The van der Waals surface area contributed by atoms with E-state index in [0.29, 0.717) is 0 Å². The first-order valence-electron chi connectivity index (χ1n) is 7.15. The van der Waals surface area contributed by atoms with Gasteiger partial charge in [-0.1, -0.05) is 0 Å². The molecule has 0 amide bonds. The van der Waals surface area contributed by atoms with E-state index in [1.807, 2.05) is 12.1 Å². The lowest BCUT2D eigenvalue weighted by molar-refractivity contribution is 0.261. The van der Waals surface area contributed by atoms with Crippen molar-refractivity contribution in [2.24, 2.45) is 0 Å². The molecule has 1 saturated heterocycles. The Labute approximate surface area is 124 Å². The van der Waals surface area contributed by atoms with E-state index in [1.165, 1.54) is 24.2 Å². The Bertz CT molecular complexity index is 513. The Morgan fingerprint density at radius 2 is 1.75 bits per heavy atom. The van der Waals surface area contributed by atoms with Gasteiger partial charge >= 0.3 is 0 Å². The summed E-state index contributed by atoms with van der Waals surface area (Å²) in [6, 6.07) is 10.4. The Balaban J connectivity index is 1.48. The van der Waals surface area contributed by atoms with Gasteiger partial charge in [0.2, 0.25) is 0 Å². The summed E-state index contributed by atoms with van der Waals surface area (Å²) in [6.45, 7) is 5.68. The van der Waals surface area contributed by atoms with E-state index < -0.39 is 0 Å². The fourth-order valence-corrected chi connectivity index (χ4v) is 3.34. The molecule has 1 aromatic carbocycles. The van der Waals surface area contributed by atoms with Gasteiger partial charge in [-0.2, -0.15) is 11.3 Å². The van der Waals surface area contributed by atoms with E-state index in [9.17, 15) is 0 Å². The zero-order chi connectivity index (χ0) is 13.8. The first-order chi connectivity index (χ1) is 9.81. The van der Waals surface area contributed by atoms with Crippen molar-refractivity contribution in [2.75, 3.05) is 43.4 Å². The van der Waals surface area contributed by atoms with Crippen LogP contribution in [0.1, 0.15) is 5.56 Å². The van der Waals surface area contributed by atoms with Crippen LogP contribution in [0.3, 0.4) is 0 Å². The molecular formula is C16H21N3S. The molecule has 0 aliphatic carbocycles. The number of benzene rings is 1. The molecule has 0 saturated carbocycles. The minimum absolute atomic E-state index is 0.836. The molecule has 0 bridgehead atoms. The SMILES string of the molecule is Nc1ccc(N2CCN(CCc3ccsc3)CC2)cc1. The number of thiophene rings is 1. The van der Waals surface area contributed by atoms with E-state index in [0.717, 1.165) is 31.9 Å². The molecule has 1 aromatic heterocycles. The summed E-state index contributed by atoms with van der Waals surface area (Å²) in [5, 5.41) is 4.42. The van der Waals surface area contributed by atoms with Gasteiger partial charge in [0.1, 0.15) is 0 Å². The fourth-order valence-electron chi connectivity index (χ4n) is 2.64. The van der Waals surface area contributed by atoms with Crippen LogP contribution in [0.2, 0.25) is 0 Å². The van der Waals surface area contributed by atoms with Crippen LogP contribution in [-0.4, -0.2) is 37.6 Å². The van der Waals surface area contributed by atoms with Crippen molar-refractivity contribution in [3.05, 3.63) is 46.7 Å². The second-order valence-electron chi connectivity index (χ2n) is 5.30. The molecule has 1 fully saturated rings. The normalized spacial score (nSPS) is 16.5. The standard InChI is InChI=1S/C16H21N3S/c17-15-1-3-16(4-2-15)19-10-8-18(9-11-19)7-5-14-6-12-20-13-14/h1-4,6,12-13H,5,7-11,17H2. The van der Waals surface area contributed by atoms with Crippen molar-refractivity contribution < 1.29 is 0 Å². The molecule has 2 heterocycles. The van der Waals surface area contributed by atoms with Crippen molar-refractivity contribution in [1.82, 2.24) is 4.90 Å². The van der Waals surface area contributed by atoms with Gasteiger partial charge in [0.25, 0.3) is 0 Å². The maximum absolute atomic E-state index is 5.74. The predicted molar refractivity (Wildman–Crippen MR) is 87.5 cm³/mol. The number of hydrogen-bond acceptors (Lipinski definition) is 4. The first kappa shape index (κ1) is 13.5. The number of piperazine rings is 1. The third-order valence-electron chi connectivity index (χ3n) is 3.93. The van der Waals surface area contributed by atoms with E-state index in [2.05, 4.69) is 38.8 Å². The van der Waals surface area contributed by atoms with Gasteiger partial charge in [-0.3, -0.25) is 4.90 Å². The molecule has 20 heavy (non-hydrogen) atoms. The summed E-state index contributed by atoms with van der Waals surface area (Å²) < 4.78 is 0. The summed E-state index contributed by atoms with van der Waals surface area (Å²) in [7, 11) is 0. The first-order valence-corrected chi connectivity index (χ1v) is 8.09. The average molecular weight is 287 g/mol. The Morgan fingerprint density at radius 3 is 2.40 bits per heavy atom. The lowest BCUT2D eigenvalue weighted by atomic mass is 10.2. The quantitative estimate of drug-likeness (QED) is 0.878. The molecule has 0 radical (unpaired) electrons. The summed E-state index contributed by atoms with van der Waals surface area (Å²) in [6.07, 6.45) is 1.17. The van der Waals surface area contributed by atoms with E-state index in [1.54, 1.807) is 11.3 Å². The van der Waals surface area contributed by atoms with Crippen molar-refractivity contribution in [2.45, 2.75) is 6.42 Å². The summed E-state index contributed by atoms with van der Waals surface area (Å²) in [5.41, 5.74) is 9.33. The van der Waals surface area contributed by atoms with E-state index >= 15 is 0 Å². The maximum Gasteiger partial charge on any atom is 0.0368 e. The highest BCUT2D eigenvalue weighted by molar-refractivity contribution is 7.07. The molecule has 1 aliphatic heterocycles. The monoisotopic (exact) mass is 287 g/mol. The molecule has 1 aliphatic rings. The molecule has 0 unspecified atom stereocenters. The molecule has 0 atom stereocenters. The number of anilines is 2. The zero-order valence-corrected chi connectivity index (χ0v) is 12.5. The van der Waals surface area contributed by atoms with Crippen LogP contribution in [0, 0.1) is 0 Å². The highest BCUT2D eigenvalue weighted by atomic mass is 32.1. The molecule has 0 spiro atoms. The molecule has 4 heteroatoms. The maximum atomic E-state index is 5.74. The third kappa shape index (κ3) is 3.32. The molecule has 2 N–H and O–H groups in total. The highest BCUT2D eigenvalue weighted by Gasteiger charge is 2.16. The van der Waals surface area contributed by atoms with Crippen molar-refractivity contribution in [3.8, 4) is 0 Å². The van der Waals surface area contributed by atoms with Crippen LogP contribution >= 0.6 is 11.3 Å². The van der Waals surface area contributed by atoms with Crippen LogP contribution < -0.4 is 10.6 Å². The Morgan fingerprint density at radius 1 is 1.00 bits per heavy atom. The van der Waals surface area contributed by atoms with Crippen LogP contribution in [0.4, 0.5) is 11.4 Å². The molecule has 3 nitrogen and oxygen atoms in total. The molecule has 106 valence electrons. The zero-order valence-electron chi connectivity index (χ0n) is 11.7. The van der Waals surface area contributed by atoms with Crippen molar-refractivity contribution in [1.29, 1.82) is 0 Å². The lowest BCUT2D eigenvalue weighted by Crippen LogP contribution is -2.46. The predicted octanol–water partition coefficient (Wildman–Crippen LogP) is 2.70. The Hall–Kier alpha value is -1.52. The van der Waals surface area contributed by atoms with Crippen LogP contribution in [0.15, 0.2) is 41.1 Å². The van der Waals surface area contributed by atoms with E-state index in [4.69, 9.17) is 5.73 Å². The second-order valence-corrected chi connectivity index (χ2v) is 6.08. The third-order valence-corrected chi connectivity index (χ3v) is 4.66. The number of rotatable bonds is 4. The number of nitrogens with zero attached hydrogens (tertiary/aromatic N) is 2. The number of nitrogen functional groups attached to an aromatic ring is 1. The lowest BCUT2D eigenvalue weighted by Gasteiger charge is -2.36. The average Bonchev–Trinajstić information content (AvgIpc) is 3.00. The Kier molecular flexibility index (Phi) is 4.23. The highest BCUT2D eigenvalue weighted by Crippen LogP contribution is 2.18. The smallest absolute Gasteiger partial charge is 0.0368 e. The van der Waals surface area contributed by atoms with Crippen LogP contribution in [0.25, 0.3) is 0 Å². The molecule has 3 rings (SSSR count). The van der Waals surface area contributed by atoms with Crippen molar-refractivity contribution in [3.63, 3.8) is 0 Å². The summed E-state index contributed by atoms with van der Waals surface area (Å²) in [5.74, 6) is 0. The molecular weight excluding hydrogens is 266 g/mol. The van der Waals surface area contributed by atoms with Crippen LogP contribution in [-0.2, 0) is 6.42 Å². The largest absolute Gasteiger partial charge is 0.399 e. The van der Waals surface area contributed by atoms with Gasteiger partial charge in [0.15, 0.2) is 0 Å². The molecule has 2 aromatic rings. The fraction of sp³-hybridized carbons (Fsp3) is 0.375. The summed E-state index contributed by atoms with van der Waals surface area (Å²) in [4.78, 5) is 5.01. The van der Waals surface area contributed by atoms with Crippen molar-refractivity contribution >= 4 is 22.7 Å². The van der Waals surface area contributed by atoms with Gasteiger partial charge in [-0.15, -0.1) is 0 Å². The van der Waals surface area contributed by atoms with Gasteiger partial charge < -0.3 is 10.6 Å². The van der Waals surface area contributed by atoms with E-state index in [-0.39, 0.29) is 0 Å². The minimum atomic E-state index is 0.836. The van der Waals surface area contributed by atoms with Gasteiger partial charge in [-0.25, -0.2) is 0 Å². The van der Waals surface area contributed by atoms with Crippen LogP contribution in [0.5, 0.6) is 0 Å². The second kappa shape index (κ2) is 6.29. The number of nitrogens with two attached hydrogens (primary N) is 1.